The molecule has 3 fully saturated rings. The minimum atomic E-state index is -1.25. The zero-order valence-electron chi connectivity index (χ0n) is 24.7. The molecule has 9 nitrogen and oxygen atoms in total. The van der Waals surface area contributed by atoms with Crippen molar-refractivity contribution in [2.75, 3.05) is 37.7 Å². The average Bonchev–Trinajstić information content (AvgIpc) is 3.25. The molecule has 4 aliphatic heterocycles. The van der Waals surface area contributed by atoms with Crippen LogP contribution in [0.3, 0.4) is 0 Å². The molecule has 5 aliphatic rings. The molecule has 1 aromatic rings. The lowest BCUT2D eigenvalue weighted by Gasteiger charge is -2.40. The van der Waals surface area contributed by atoms with Crippen molar-refractivity contribution in [1.29, 1.82) is 0 Å². The Morgan fingerprint density at radius 2 is 1.67 bits per heavy atom. The van der Waals surface area contributed by atoms with Gasteiger partial charge < -0.3 is 29.3 Å². The Labute approximate surface area is 248 Å². The Morgan fingerprint density at radius 3 is 2.38 bits per heavy atom. The van der Waals surface area contributed by atoms with Crippen LogP contribution in [0.15, 0.2) is 48.6 Å². The van der Waals surface area contributed by atoms with Gasteiger partial charge in [0.25, 0.3) is 0 Å². The van der Waals surface area contributed by atoms with Crippen LogP contribution in [-0.2, 0) is 19.1 Å². The van der Waals surface area contributed by atoms with E-state index in [0.29, 0.717) is 39.1 Å². The second-order valence-corrected chi connectivity index (χ2v) is 12.4. The van der Waals surface area contributed by atoms with Crippen LogP contribution >= 0.6 is 0 Å². The number of nitrogens with zero attached hydrogens (tertiary/aromatic N) is 3. The highest BCUT2D eigenvalue weighted by molar-refractivity contribution is 6.04. The zero-order chi connectivity index (χ0) is 29.5. The van der Waals surface area contributed by atoms with Gasteiger partial charge in [-0.05, 0) is 63.8 Å². The summed E-state index contributed by atoms with van der Waals surface area (Å²) in [6, 6.07) is 6.71. The molecule has 5 atom stereocenters. The van der Waals surface area contributed by atoms with Crippen molar-refractivity contribution in [2.45, 2.75) is 82.1 Å². The van der Waals surface area contributed by atoms with E-state index in [-0.39, 0.29) is 30.4 Å². The van der Waals surface area contributed by atoms with Gasteiger partial charge in [-0.2, -0.15) is 0 Å². The largest absolute Gasteiger partial charge is 0.494 e. The van der Waals surface area contributed by atoms with Gasteiger partial charge in [0.15, 0.2) is 0 Å². The normalized spacial score (nSPS) is 33.0. The molecule has 226 valence electrons. The number of unbranched alkanes of at least 4 members (excludes halogenated alkanes) is 1. The number of carbonyl (C=O) groups excluding carboxylic acids is 3. The number of ether oxygens (including phenoxy) is 2. The van der Waals surface area contributed by atoms with E-state index in [1.165, 1.54) is 6.42 Å². The van der Waals surface area contributed by atoms with Gasteiger partial charge in [0.05, 0.1) is 24.0 Å². The molecular weight excluding hydrogens is 534 g/mol. The number of hydrogen-bond acceptors (Lipinski definition) is 6. The Kier molecular flexibility index (Phi) is 7.91. The summed E-state index contributed by atoms with van der Waals surface area (Å²) in [5, 5.41) is 9.47. The highest BCUT2D eigenvalue weighted by Crippen LogP contribution is 2.57. The van der Waals surface area contributed by atoms with E-state index >= 15 is 0 Å². The summed E-state index contributed by atoms with van der Waals surface area (Å²) in [6.07, 6.45) is 14.1. The molecule has 0 bridgehead atoms. The molecule has 2 saturated heterocycles. The van der Waals surface area contributed by atoms with E-state index in [4.69, 9.17) is 9.47 Å². The first-order valence-electron chi connectivity index (χ1n) is 15.7. The first-order chi connectivity index (χ1) is 20.3. The summed E-state index contributed by atoms with van der Waals surface area (Å²) in [5.74, 6) is -1.42. The molecule has 1 N–H and O–H groups in total. The molecule has 1 saturated carbocycles. The Bertz CT molecular complexity index is 1260. The predicted molar refractivity (Wildman–Crippen MR) is 158 cm³/mol. The van der Waals surface area contributed by atoms with Crippen LogP contribution in [0.2, 0.25) is 0 Å². The number of aliphatic hydroxyl groups is 1. The van der Waals surface area contributed by atoms with Gasteiger partial charge in [0.1, 0.15) is 17.4 Å². The number of rotatable bonds is 8. The molecule has 1 unspecified atom stereocenters. The number of benzene rings is 1. The van der Waals surface area contributed by atoms with E-state index in [2.05, 4.69) is 0 Å². The molecule has 1 aliphatic carbocycles. The fourth-order valence-electron chi connectivity index (χ4n) is 8.01. The number of hydrogen-bond donors (Lipinski definition) is 1. The Balaban J connectivity index is 1.39. The second-order valence-electron chi connectivity index (χ2n) is 12.4. The fraction of sp³-hybridized carbons (Fsp3) is 0.606. The van der Waals surface area contributed by atoms with E-state index in [9.17, 15) is 19.5 Å². The van der Waals surface area contributed by atoms with E-state index in [1.54, 1.807) is 9.80 Å². The molecule has 6 rings (SSSR count). The standard InChI is InChI=1S/C33H43N3O6/c1-3-41-25-15-13-24(14-16-25)34-20-9-17-32(2)26(29(34)38)27-30(39)36(19-7-8-22-37)28-31(40)35(23-11-5-4-6-12-23)21-10-18-33(27,28)42-32/h9-10,13-18,23,26-28,37H,3-8,11-12,19-22H2,1-2H3/t26-,27+,28?,32+,33+/m1/s1. The SMILES string of the molecule is CCOc1ccc(N2CC=C[C@]3(C)O[C@]45C=CCN(C6CCCCC6)C(=O)C4N(CCCCO)C(=O)[C@@H]5[C@@H]3C2=O)cc1. The monoisotopic (exact) mass is 577 g/mol. The van der Waals surface area contributed by atoms with Gasteiger partial charge in [-0.25, -0.2) is 0 Å². The second kappa shape index (κ2) is 11.5. The van der Waals surface area contributed by atoms with Crippen LogP contribution in [0.25, 0.3) is 0 Å². The number of anilines is 1. The van der Waals surface area contributed by atoms with Crippen molar-refractivity contribution in [2.24, 2.45) is 11.8 Å². The lowest BCUT2D eigenvalue weighted by molar-refractivity contribution is -0.152. The van der Waals surface area contributed by atoms with Gasteiger partial charge in [-0.15, -0.1) is 0 Å². The van der Waals surface area contributed by atoms with E-state index in [1.807, 2.05) is 67.3 Å². The number of amides is 3. The van der Waals surface area contributed by atoms with Crippen molar-refractivity contribution < 1.29 is 29.0 Å². The Hall–Kier alpha value is -3.17. The smallest absolute Gasteiger partial charge is 0.249 e. The fourth-order valence-corrected chi connectivity index (χ4v) is 8.01. The van der Waals surface area contributed by atoms with Gasteiger partial charge in [0, 0.05) is 38.0 Å². The number of carbonyl (C=O) groups is 3. The first kappa shape index (κ1) is 28.9. The minimum absolute atomic E-state index is 0.0147. The maximum Gasteiger partial charge on any atom is 0.249 e. The predicted octanol–water partition coefficient (Wildman–Crippen LogP) is 3.46. The van der Waals surface area contributed by atoms with Crippen molar-refractivity contribution in [3.63, 3.8) is 0 Å². The lowest BCUT2D eigenvalue weighted by Crippen LogP contribution is -2.57. The van der Waals surface area contributed by atoms with E-state index < -0.39 is 29.1 Å². The van der Waals surface area contributed by atoms with Gasteiger partial charge in [-0.3, -0.25) is 14.4 Å². The highest BCUT2D eigenvalue weighted by Gasteiger charge is 2.74. The summed E-state index contributed by atoms with van der Waals surface area (Å²) in [4.78, 5) is 48.8. The summed E-state index contributed by atoms with van der Waals surface area (Å²) in [6.45, 7) is 5.52. The molecule has 9 heteroatoms. The third-order valence-corrected chi connectivity index (χ3v) is 9.87. The maximum atomic E-state index is 14.5. The van der Waals surface area contributed by atoms with Crippen LogP contribution in [0, 0.1) is 11.8 Å². The van der Waals surface area contributed by atoms with Crippen molar-refractivity contribution in [1.82, 2.24) is 9.80 Å². The highest BCUT2D eigenvalue weighted by atomic mass is 16.5. The van der Waals surface area contributed by atoms with E-state index in [0.717, 1.165) is 37.1 Å². The van der Waals surface area contributed by atoms with Crippen LogP contribution in [0.1, 0.15) is 58.8 Å². The summed E-state index contributed by atoms with van der Waals surface area (Å²) in [5.41, 5.74) is -1.59. The topological polar surface area (TPSA) is 99.6 Å². The van der Waals surface area contributed by atoms with Crippen molar-refractivity contribution >= 4 is 23.4 Å². The van der Waals surface area contributed by atoms with Gasteiger partial charge >= 0.3 is 0 Å². The zero-order valence-corrected chi connectivity index (χ0v) is 24.7. The minimum Gasteiger partial charge on any atom is -0.494 e. The number of aliphatic hydroxyl groups excluding tert-OH is 1. The summed E-state index contributed by atoms with van der Waals surface area (Å²) in [7, 11) is 0. The summed E-state index contributed by atoms with van der Waals surface area (Å²) < 4.78 is 12.5. The third kappa shape index (κ3) is 4.65. The molecule has 3 amide bonds. The molecule has 1 spiro atoms. The molecule has 42 heavy (non-hydrogen) atoms. The maximum absolute atomic E-state index is 14.5. The Morgan fingerprint density at radius 1 is 0.929 bits per heavy atom. The third-order valence-electron chi connectivity index (χ3n) is 9.87. The van der Waals surface area contributed by atoms with Crippen molar-refractivity contribution in [3.8, 4) is 5.75 Å². The number of fused-ring (bicyclic) bond motifs is 2. The molecular formula is C33H43N3O6. The first-order valence-corrected chi connectivity index (χ1v) is 15.7. The molecule has 0 radical (unpaired) electrons. The summed E-state index contributed by atoms with van der Waals surface area (Å²) >= 11 is 0. The quantitative estimate of drug-likeness (QED) is 0.375. The van der Waals surface area contributed by atoms with Crippen LogP contribution < -0.4 is 9.64 Å². The molecule has 0 aromatic heterocycles. The van der Waals surface area contributed by atoms with Gasteiger partial charge in [-0.1, -0.05) is 43.6 Å². The van der Waals surface area contributed by atoms with Crippen LogP contribution in [-0.4, -0.2) is 88.8 Å². The lowest BCUT2D eigenvalue weighted by atomic mass is 9.74. The average molecular weight is 578 g/mol. The van der Waals surface area contributed by atoms with Crippen LogP contribution in [0.5, 0.6) is 5.75 Å². The van der Waals surface area contributed by atoms with Crippen molar-refractivity contribution in [3.05, 3.63) is 48.6 Å². The molecule has 1 aromatic carbocycles. The van der Waals surface area contributed by atoms with Crippen LogP contribution in [0.4, 0.5) is 5.69 Å². The number of likely N-dealkylation sites (tertiary alicyclic amines) is 1. The van der Waals surface area contributed by atoms with Gasteiger partial charge in [0.2, 0.25) is 17.7 Å². The molecule has 4 heterocycles.